The number of carbonyl (C=O) groups excluding carboxylic acids is 2. The summed E-state index contributed by atoms with van der Waals surface area (Å²) < 4.78 is 44.0. The number of amidine groups is 1. The van der Waals surface area contributed by atoms with Crippen LogP contribution in [-0.2, 0) is 22.9 Å². The van der Waals surface area contributed by atoms with Gasteiger partial charge in [-0.1, -0.05) is 16.8 Å². The van der Waals surface area contributed by atoms with E-state index in [1.165, 1.54) is 24.3 Å². The van der Waals surface area contributed by atoms with Crippen LogP contribution in [0.1, 0.15) is 21.7 Å². The van der Waals surface area contributed by atoms with Crippen molar-refractivity contribution in [2.75, 3.05) is 6.61 Å². The first-order chi connectivity index (χ1) is 13.0. The molecule has 13 heteroatoms. The van der Waals surface area contributed by atoms with E-state index in [0.29, 0.717) is 16.0 Å². The van der Waals surface area contributed by atoms with E-state index in [1.54, 1.807) is 0 Å². The van der Waals surface area contributed by atoms with Crippen molar-refractivity contribution in [2.45, 2.75) is 6.18 Å². The van der Waals surface area contributed by atoms with Gasteiger partial charge >= 0.3 is 12.1 Å². The van der Waals surface area contributed by atoms with Gasteiger partial charge in [0, 0.05) is 12.6 Å². The number of nitrogens with two attached hydrogens (primary N) is 2. The van der Waals surface area contributed by atoms with Gasteiger partial charge in [0.2, 0.25) is 0 Å². The van der Waals surface area contributed by atoms with Crippen molar-refractivity contribution in [1.29, 1.82) is 0 Å². The number of benzene rings is 1. The van der Waals surface area contributed by atoms with Crippen LogP contribution in [0.5, 0.6) is 5.75 Å². The molecule has 1 heterocycles. The molecule has 2 rings (SSSR count). The molecule has 0 spiro atoms. The highest BCUT2D eigenvalue weighted by molar-refractivity contribution is 6.34. The quantitative estimate of drug-likeness (QED) is 0.315. The van der Waals surface area contributed by atoms with E-state index < -0.39 is 34.5 Å². The van der Waals surface area contributed by atoms with E-state index in [-0.39, 0.29) is 12.4 Å². The standard InChI is InChI=1S/C15H13ClF3N5O4/c1-24-11(10(16)12(22-24)15(17,18)19)14(26)28-23-13(21)7-2-4-8(5-3-7)27-6-9(20)25/h2-5H,6H2,1H3,(H2,20,25)(H2,21,23). The molecule has 0 fully saturated rings. The summed E-state index contributed by atoms with van der Waals surface area (Å²) in [7, 11) is 1.09. The molecule has 1 aromatic carbocycles. The minimum absolute atomic E-state index is 0.246. The number of halogens is 4. The Balaban J connectivity index is 2.12. The Morgan fingerprint density at radius 3 is 2.36 bits per heavy atom. The van der Waals surface area contributed by atoms with E-state index in [4.69, 9.17) is 27.8 Å². The molecule has 0 atom stereocenters. The summed E-state index contributed by atoms with van der Waals surface area (Å²) in [6.45, 7) is -0.314. The van der Waals surface area contributed by atoms with E-state index >= 15 is 0 Å². The molecule has 0 unspecified atom stereocenters. The molecule has 0 bridgehead atoms. The van der Waals surface area contributed by atoms with E-state index in [0.717, 1.165) is 7.05 Å². The lowest BCUT2D eigenvalue weighted by atomic mass is 10.2. The summed E-state index contributed by atoms with van der Waals surface area (Å²) >= 11 is 5.58. The van der Waals surface area contributed by atoms with Gasteiger partial charge in [0.05, 0.1) is 0 Å². The van der Waals surface area contributed by atoms with Gasteiger partial charge in [-0.3, -0.25) is 9.48 Å². The average molecular weight is 420 g/mol. The van der Waals surface area contributed by atoms with Crippen molar-refractivity contribution in [3.63, 3.8) is 0 Å². The molecule has 1 aromatic heterocycles. The van der Waals surface area contributed by atoms with Crippen molar-refractivity contribution in [2.24, 2.45) is 23.7 Å². The van der Waals surface area contributed by atoms with Gasteiger partial charge in [-0.15, -0.1) is 0 Å². The summed E-state index contributed by atoms with van der Waals surface area (Å²) in [6, 6.07) is 5.80. The summed E-state index contributed by atoms with van der Waals surface area (Å²) in [5, 5.41) is 5.62. The molecule has 1 amide bonds. The molecule has 0 aliphatic carbocycles. The topological polar surface area (TPSA) is 135 Å². The third kappa shape index (κ3) is 4.91. The number of primary amides is 1. The third-order valence-electron chi connectivity index (χ3n) is 3.21. The minimum atomic E-state index is -4.84. The Bertz CT molecular complexity index is 925. The maximum Gasteiger partial charge on any atom is 0.436 e. The Morgan fingerprint density at radius 1 is 1.25 bits per heavy atom. The summed E-state index contributed by atoms with van der Waals surface area (Å²) in [5.74, 6) is -1.85. The van der Waals surface area contributed by atoms with Crippen LogP contribution in [0, 0.1) is 0 Å². The molecule has 0 saturated carbocycles. The molecule has 2 aromatic rings. The molecule has 4 N–H and O–H groups in total. The van der Waals surface area contributed by atoms with Crippen LogP contribution in [0.4, 0.5) is 13.2 Å². The Kier molecular flexibility index (Phi) is 6.13. The van der Waals surface area contributed by atoms with Crippen molar-refractivity contribution < 1.29 is 32.3 Å². The van der Waals surface area contributed by atoms with Crippen LogP contribution < -0.4 is 16.2 Å². The molecule has 28 heavy (non-hydrogen) atoms. The number of carbonyl (C=O) groups is 2. The SMILES string of the molecule is Cn1nc(C(F)(F)F)c(Cl)c1C(=O)O/N=C(\N)c1ccc(OCC(N)=O)cc1. The molecule has 0 aliphatic rings. The number of hydrogen-bond donors (Lipinski definition) is 2. The van der Waals surface area contributed by atoms with Crippen molar-refractivity contribution in [1.82, 2.24) is 9.78 Å². The molecule has 0 aliphatic heterocycles. The van der Waals surface area contributed by atoms with Crippen molar-refractivity contribution >= 4 is 29.3 Å². The first-order valence-corrected chi connectivity index (χ1v) is 7.74. The average Bonchev–Trinajstić information content (AvgIpc) is 2.92. The predicted molar refractivity (Wildman–Crippen MR) is 90.5 cm³/mol. The fourth-order valence-electron chi connectivity index (χ4n) is 1.96. The monoisotopic (exact) mass is 419 g/mol. The summed E-state index contributed by atoms with van der Waals surface area (Å²) in [4.78, 5) is 27.2. The lowest BCUT2D eigenvalue weighted by molar-refractivity contribution is -0.141. The van der Waals surface area contributed by atoms with E-state index in [9.17, 15) is 22.8 Å². The van der Waals surface area contributed by atoms with Crippen LogP contribution in [0.3, 0.4) is 0 Å². The second-order valence-corrected chi connectivity index (χ2v) is 5.65. The van der Waals surface area contributed by atoms with Gasteiger partial charge in [-0.05, 0) is 24.3 Å². The minimum Gasteiger partial charge on any atom is -0.484 e. The number of nitrogens with zero attached hydrogens (tertiary/aromatic N) is 3. The largest absolute Gasteiger partial charge is 0.484 e. The highest BCUT2D eigenvalue weighted by atomic mass is 35.5. The number of hydrogen-bond acceptors (Lipinski definition) is 6. The van der Waals surface area contributed by atoms with Crippen LogP contribution >= 0.6 is 11.6 Å². The summed E-state index contributed by atoms with van der Waals surface area (Å²) in [6.07, 6.45) is -4.84. The zero-order valence-corrected chi connectivity index (χ0v) is 14.9. The first kappa shape index (κ1) is 21.0. The van der Waals surface area contributed by atoms with Crippen LogP contribution in [-0.4, -0.2) is 34.1 Å². The Hall–Kier alpha value is -3.28. The number of aromatic nitrogens is 2. The molecule has 0 radical (unpaired) electrons. The third-order valence-corrected chi connectivity index (χ3v) is 3.57. The zero-order chi connectivity index (χ0) is 21.1. The highest BCUT2D eigenvalue weighted by Gasteiger charge is 2.40. The smallest absolute Gasteiger partial charge is 0.436 e. The van der Waals surface area contributed by atoms with Gasteiger partial charge in [0.1, 0.15) is 10.8 Å². The molecule has 9 nitrogen and oxygen atoms in total. The van der Waals surface area contributed by atoms with Crippen LogP contribution in [0.15, 0.2) is 29.4 Å². The molecule has 150 valence electrons. The maximum atomic E-state index is 12.8. The first-order valence-electron chi connectivity index (χ1n) is 7.36. The molecular weight excluding hydrogens is 407 g/mol. The van der Waals surface area contributed by atoms with E-state index in [1.807, 2.05) is 0 Å². The van der Waals surface area contributed by atoms with Crippen molar-refractivity contribution in [3.8, 4) is 5.75 Å². The Labute approximate surface area is 160 Å². The number of oxime groups is 1. The second kappa shape index (κ2) is 8.17. The second-order valence-electron chi connectivity index (χ2n) is 5.27. The lowest BCUT2D eigenvalue weighted by Gasteiger charge is -2.05. The number of ether oxygens (including phenoxy) is 1. The lowest BCUT2D eigenvalue weighted by Crippen LogP contribution is -2.20. The predicted octanol–water partition coefficient (Wildman–Crippen LogP) is 1.43. The van der Waals surface area contributed by atoms with Gasteiger partial charge < -0.3 is 21.0 Å². The van der Waals surface area contributed by atoms with Crippen LogP contribution in [0.2, 0.25) is 5.02 Å². The van der Waals surface area contributed by atoms with Crippen molar-refractivity contribution in [3.05, 3.63) is 46.2 Å². The van der Waals surface area contributed by atoms with Crippen LogP contribution in [0.25, 0.3) is 0 Å². The fourth-order valence-corrected chi connectivity index (χ4v) is 2.31. The van der Waals surface area contributed by atoms with Gasteiger partial charge in [-0.2, -0.15) is 18.3 Å². The number of aryl methyl sites for hydroxylation is 1. The van der Waals surface area contributed by atoms with E-state index in [2.05, 4.69) is 15.1 Å². The highest BCUT2D eigenvalue weighted by Crippen LogP contribution is 2.35. The van der Waals surface area contributed by atoms with Gasteiger partial charge in [0.25, 0.3) is 5.91 Å². The normalized spacial score (nSPS) is 12.0. The fraction of sp³-hybridized carbons (Fsp3) is 0.200. The number of amides is 1. The Morgan fingerprint density at radius 2 is 1.86 bits per heavy atom. The summed E-state index contributed by atoms with van der Waals surface area (Å²) in [5.41, 5.74) is 8.87. The number of rotatable bonds is 6. The molecule has 0 saturated heterocycles. The molecular formula is C15H13ClF3N5O4. The number of alkyl halides is 3. The van der Waals surface area contributed by atoms with Gasteiger partial charge in [0.15, 0.2) is 23.8 Å². The van der Waals surface area contributed by atoms with Gasteiger partial charge in [-0.25, -0.2) is 4.79 Å². The zero-order valence-electron chi connectivity index (χ0n) is 14.2. The maximum absolute atomic E-state index is 12.8.